The summed E-state index contributed by atoms with van der Waals surface area (Å²) < 4.78 is 5.59. The van der Waals surface area contributed by atoms with Crippen LogP contribution in [-0.4, -0.2) is 43.0 Å². The molecule has 0 saturated carbocycles. The van der Waals surface area contributed by atoms with Gasteiger partial charge in [0, 0.05) is 50.1 Å². The molecule has 0 aliphatic rings. The number of rotatable bonds is 10. The first kappa shape index (κ1) is 25.8. The topological polar surface area (TPSA) is 131 Å². The van der Waals surface area contributed by atoms with E-state index in [1.165, 1.54) is 25.0 Å². The van der Waals surface area contributed by atoms with Gasteiger partial charge in [0.1, 0.15) is 11.4 Å². The predicted octanol–water partition coefficient (Wildman–Crippen LogP) is 4.98. The summed E-state index contributed by atoms with van der Waals surface area (Å²) in [7, 11) is 3.11. The molecule has 12 heteroatoms. The summed E-state index contributed by atoms with van der Waals surface area (Å²) in [4.78, 5) is 37.3. The number of nitro groups is 2. The van der Waals surface area contributed by atoms with E-state index in [2.05, 4.69) is 21.2 Å². The van der Waals surface area contributed by atoms with Crippen molar-refractivity contribution < 1.29 is 19.4 Å². The number of nitro benzene ring substituents is 2. The molecule has 0 aliphatic heterocycles. The molecule has 0 fully saturated rings. The standard InChI is InChI=1S/C21H26BrN5O6/c1-6-25(7-2)18-10-16(23-13(3)28)17(11-20(18)33-5)24(4)21-14(12-22)8-15(26(29)30)9-19(21)27(31)32/h8-11H,6-7,12H2,1-5H3,(H,23,28). The number of carbonyl (C=O) groups is 1. The van der Waals surface area contributed by atoms with Crippen molar-refractivity contribution in [1.29, 1.82) is 0 Å². The Bertz CT molecular complexity index is 1070. The summed E-state index contributed by atoms with van der Waals surface area (Å²) in [5.41, 5.74) is 1.29. The minimum Gasteiger partial charge on any atom is -0.495 e. The first-order valence-electron chi connectivity index (χ1n) is 10.1. The van der Waals surface area contributed by atoms with E-state index >= 15 is 0 Å². The molecule has 0 atom stereocenters. The van der Waals surface area contributed by atoms with Crippen molar-refractivity contribution in [2.24, 2.45) is 0 Å². The molecule has 33 heavy (non-hydrogen) atoms. The molecule has 0 heterocycles. The second-order valence-corrected chi connectivity index (χ2v) is 7.63. The van der Waals surface area contributed by atoms with Crippen LogP contribution in [0.5, 0.6) is 5.75 Å². The fourth-order valence-electron chi connectivity index (χ4n) is 3.62. The third kappa shape index (κ3) is 5.51. The highest BCUT2D eigenvalue weighted by molar-refractivity contribution is 9.08. The summed E-state index contributed by atoms with van der Waals surface area (Å²) in [5, 5.41) is 26.1. The number of hydrogen-bond acceptors (Lipinski definition) is 8. The van der Waals surface area contributed by atoms with Crippen LogP contribution in [0.1, 0.15) is 26.3 Å². The van der Waals surface area contributed by atoms with E-state index in [4.69, 9.17) is 4.74 Å². The van der Waals surface area contributed by atoms with Crippen molar-refractivity contribution in [3.05, 3.63) is 50.1 Å². The van der Waals surface area contributed by atoms with E-state index in [1.807, 2.05) is 18.7 Å². The molecule has 0 aliphatic carbocycles. The number of benzene rings is 2. The van der Waals surface area contributed by atoms with Gasteiger partial charge in [-0.2, -0.15) is 0 Å². The van der Waals surface area contributed by atoms with Crippen molar-refractivity contribution in [3.8, 4) is 5.75 Å². The summed E-state index contributed by atoms with van der Waals surface area (Å²) in [6.07, 6.45) is 0. The summed E-state index contributed by atoms with van der Waals surface area (Å²) in [5.74, 6) is 0.193. The van der Waals surface area contributed by atoms with Gasteiger partial charge < -0.3 is 19.9 Å². The van der Waals surface area contributed by atoms with Crippen LogP contribution < -0.4 is 19.9 Å². The van der Waals surface area contributed by atoms with Gasteiger partial charge in [0.2, 0.25) is 5.91 Å². The zero-order valence-corrected chi connectivity index (χ0v) is 20.6. The Balaban J connectivity index is 2.84. The predicted molar refractivity (Wildman–Crippen MR) is 131 cm³/mol. The van der Waals surface area contributed by atoms with Gasteiger partial charge in [0.05, 0.1) is 40.1 Å². The Morgan fingerprint density at radius 1 is 1.09 bits per heavy atom. The van der Waals surface area contributed by atoms with Crippen LogP contribution in [0.25, 0.3) is 0 Å². The third-order valence-corrected chi connectivity index (χ3v) is 5.72. The second-order valence-electron chi connectivity index (χ2n) is 7.07. The molecule has 0 spiro atoms. The fraction of sp³-hybridized carbons (Fsp3) is 0.381. The molecule has 0 radical (unpaired) electrons. The molecule has 11 nitrogen and oxygen atoms in total. The van der Waals surface area contributed by atoms with E-state index in [0.29, 0.717) is 35.8 Å². The van der Waals surface area contributed by atoms with Crippen LogP contribution in [0, 0.1) is 20.2 Å². The van der Waals surface area contributed by atoms with Crippen LogP contribution in [0.2, 0.25) is 0 Å². The van der Waals surface area contributed by atoms with Gasteiger partial charge in [-0.15, -0.1) is 0 Å². The average Bonchev–Trinajstić information content (AvgIpc) is 2.78. The fourth-order valence-corrected chi connectivity index (χ4v) is 4.04. The summed E-state index contributed by atoms with van der Waals surface area (Å²) in [6.45, 7) is 6.74. The lowest BCUT2D eigenvalue weighted by Crippen LogP contribution is -2.24. The largest absolute Gasteiger partial charge is 0.495 e. The molecule has 2 aromatic rings. The number of carbonyl (C=O) groups excluding carboxylic acids is 1. The van der Waals surface area contributed by atoms with Gasteiger partial charge in [-0.05, 0) is 19.9 Å². The first-order chi connectivity index (χ1) is 15.6. The maximum Gasteiger partial charge on any atom is 0.300 e. The molecular formula is C21H26BrN5O6. The second kappa shape index (κ2) is 10.9. The Labute approximate surface area is 199 Å². The normalized spacial score (nSPS) is 10.5. The first-order valence-corrected chi connectivity index (χ1v) is 11.2. The minimum absolute atomic E-state index is 0.138. The Hall–Kier alpha value is -3.41. The van der Waals surface area contributed by atoms with Gasteiger partial charge in [-0.1, -0.05) is 15.9 Å². The van der Waals surface area contributed by atoms with Crippen LogP contribution in [0.4, 0.5) is 34.1 Å². The van der Waals surface area contributed by atoms with Gasteiger partial charge in [0.25, 0.3) is 11.4 Å². The number of halogens is 1. The van der Waals surface area contributed by atoms with Crippen LogP contribution in [-0.2, 0) is 10.1 Å². The van der Waals surface area contributed by atoms with E-state index in [-0.39, 0.29) is 22.6 Å². The number of nitrogens with one attached hydrogen (secondary N) is 1. The van der Waals surface area contributed by atoms with Gasteiger partial charge in [-0.25, -0.2) is 0 Å². The highest BCUT2D eigenvalue weighted by atomic mass is 79.9. The number of non-ortho nitro benzene ring substituents is 1. The Morgan fingerprint density at radius 2 is 1.73 bits per heavy atom. The molecule has 0 bridgehead atoms. The van der Waals surface area contributed by atoms with Crippen molar-refractivity contribution in [1.82, 2.24) is 0 Å². The lowest BCUT2D eigenvalue weighted by Gasteiger charge is -2.29. The molecular weight excluding hydrogens is 498 g/mol. The van der Waals surface area contributed by atoms with E-state index < -0.39 is 15.5 Å². The summed E-state index contributed by atoms with van der Waals surface area (Å²) >= 11 is 3.28. The number of nitrogens with zero attached hydrogens (tertiary/aromatic N) is 4. The maximum atomic E-state index is 12.0. The highest BCUT2D eigenvalue weighted by Gasteiger charge is 2.29. The molecule has 2 aromatic carbocycles. The van der Waals surface area contributed by atoms with Crippen LogP contribution in [0.15, 0.2) is 24.3 Å². The SMILES string of the molecule is CCN(CC)c1cc(NC(C)=O)c(N(C)c2c(CBr)cc([N+](=O)[O-])cc2[N+](=O)[O-])cc1OC. The Kier molecular flexibility index (Phi) is 8.57. The monoisotopic (exact) mass is 523 g/mol. The molecule has 178 valence electrons. The number of amides is 1. The zero-order valence-electron chi connectivity index (χ0n) is 19.0. The molecule has 0 aromatic heterocycles. The van der Waals surface area contributed by atoms with E-state index in [0.717, 1.165) is 11.8 Å². The zero-order chi connectivity index (χ0) is 24.9. The third-order valence-electron chi connectivity index (χ3n) is 5.11. The number of methoxy groups -OCH3 is 1. The molecule has 2 rings (SSSR count). The van der Waals surface area contributed by atoms with Crippen molar-refractivity contribution in [2.45, 2.75) is 26.1 Å². The minimum atomic E-state index is -0.673. The van der Waals surface area contributed by atoms with Crippen LogP contribution >= 0.6 is 15.9 Å². The number of hydrogen-bond donors (Lipinski definition) is 1. The van der Waals surface area contributed by atoms with Gasteiger partial charge >= 0.3 is 0 Å². The van der Waals surface area contributed by atoms with Crippen molar-refractivity contribution in [3.63, 3.8) is 0 Å². The lowest BCUT2D eigenvalue weighted by molar-refractivity contribution is -0.393. The molecule has 1 N–H and O–H groups in total. The van der Waals surface area contributed by atoms with Crippen molar-refractivity contribution >= 4 is 56.0 Å². The molecule has 0 saturated heterocycles. The average molecular weight is 524 g/mol. The van der Waals surface area contributed by atoms with E-state index in [9.17, 15) is 25.0 Å². The maximum absolute atomic E-state index is 12.0. The molecule has 0 unspecified atom stereocenters. The van der Waals surface area contributed by atoms with Crippen LogP contribution in [0.3, 0.4) is 0 Å². The lowest BCUT2D eigenvalue weighted by atomic mass is 10.1. The van der Waals surface area contributed by atoms with Gasteiger partial charge in [0.15, 0.2) is 0 Å². The smallest absolute Gasteiger partial charge is 0.300 e. The van der Waals surface area contributed by atoms with Gasteiger partial charge in [-0.3, -0.25) is 25.0 Å². The number of anilines is 4. The quantitative estimate of drug-likeness (QED) is 0.262. The van der Waals surface area contributed by atoms with Crippen molar-refractivity contribution in [2.75, 3.05) is 42.4 Å². The highest BCUT2D eigenvalue weighted by Crippen LogP contribution is 2.45. The number of ether oxygens (including phenoxy) is 1. The van der Waals surface area contributed by atoms with E-state index in [1.54, 1.807) is 19.2 Å². The Morgan fingerprint density at radius 3 is 2.18 bits per heavy atom. The molecule has 1 amide bonds. The summed E-state index contributed by atoms with van der Waals surface area (Å²) in [6, 6.07) is 5.65. The number of alkyl halides is 1.